The molecule has 2 heteroatoms. The second-order valence-electron chi connectivity index (χ2n) is 5.80. The van der Waals surface area contributed by atoms with Crippen LogP contribution in [0, 0.1) is 11.8 Å². The molecule has 0 heterocycles. The lowest BCUT2D eigenvalue weighted by molar-refractivity contribution is 0.258. The van der Waals surface area contributed by atoms with Gasteiger partial charge in [0.2, 0.25) is 0 Å². The molecule has 1 rings (SSSR count). The molecule has 2 unspecified atom stereocenters. The van der Waals surface area contributed by atoms with Crippen LogP contribution in [0.25, 0.3) is 0 Å². The summed E-state index contributed by atoms with van der Waals surface area (Å²) in [5, 5.41) is 3.64. The topological polar surface area (TPSA) is 15.3 Å². The van der Waals surface area contributed by atoms with Crippen LogP contribution in [0.2, 0.25) is 0 Å². The fourth-order valence-corrected chi connectivity index (χ4v) is 3.01. The highest BCUT2D eigenvalue weighted by Gasteiger charge is 2.26. The Morgan fingerprint density at radius 2 is 2.06 bits per heavy atom. The molecule has 0 bridgehead atoms. The molecule has 2 nitrogen and oxygen atoms in total. The summed E-state index contributed by atoms with van der Waals surface area (Å²) in [6.07, 6.45) is 5.64. The van der Waals surface area contributed by atoms with Gasteiger partial charge < -0.3 is 10.2 Å². The van der Waals surface area contributed by atoms with Crippen LogP contribution in [-0.4, -0.2) is 37.6 Å². The minimum absolute atomic E-state index is 0.790. The molecule has 1 N–H and O–H groups in total. The second kappa shape index (κ2) is 7.29. The quantitative estimate of drug-likeness (QED) is 0.718. The largest absolute Gasteiger partial charge is 0.314 e. The summed E-state index contributed by atoms with van der Waals surface area (Å²) in [4.78, 5) is 2.49. The second-order valence-corrected chi connectivity index (χ2v) is 5.80. The Morgan fingerprint density at radius 1 is 1.31 bits per heavy atom. The molecule has 0 spiro atoms. The van der Waals surface area contributed by atoms with E-state index in [-0.39, 0.29) is 0 Å². The number of nitrogens with zero attached hydrogens (tertiary/aromatic N) is 1. The molecule has 0 aromatic rings. The van der Waals surface area contributed by atoms with E-state index in [1.807, 2.05) is 0 Å². The molecular formula is C14H30N2. The van der Waals surface area contributed by atoms with Crippen LogP contribution < -0.4 is 5.32 Å². The Kier molecular flexibility index (Phi) is 6.37. The smallest absolute Gasteiger partial charge is 0.00956 e. The average Bonchev–Trinajstić information content (AvgIpc) is 2.62. The van der Waals surface area contributed by atoms with Crippen LogP contribution in [0.5, 0.6) is 0 Å². The van der Waals surface area contributed by atoms with Crippen LogP contribution in [-0.2, 0) is 0 Å². The third-order valence-corrected chi connectivity index (χ3v) is 3.68. The van der Waals surface area contributed by atoms with Crippen LogP contribution in [0.4, 0.5) is 0 Å². The summed E-state index contributed by atoms with van der Waals surface area (Å²) >= 11 is 0. The van der Waals surface area contributed by atoms with Gasteiger partial charge in [-0.05, 0) is 51.2 Å². The maximum Gasteiger partial charge on any atom is 0.00956 e. The molecule has 1 fully saturated rings. The van der Waals surface area contributed by atoms with Gasteiger partial charge in [-0.25, -0.2) is 0 Å². The zero-order chi connectivity index (χ0) is 12.0. The van der Waals surface area contributed by atoms with Crippen molar-refractivity contribution in [3.05, 3.63) is 0 Å². The van der Waals surface area contributed by atoms with Crippen LogP contribution >= 0.6 is 0 Å². The fraction of sp³-hybridized carbons (Fsp3) is 1.00. The number of hydrogen-bond acceptors (Lipinski definition) is 2. The zero-order valence-corrected chi connectivity index (χ0v) is 11.6. The standard InChI is InChI=1S/C14H30N2/c1-5-15-14-8-6-7-13(14)9-10-16(4)11-12(2)3/h12-15H,5-11H2,1-4H3. The van der Waals surface area contributed by atoms with Gasteiger partial charge in [0.1, 0.15) is 0 Å². The highest BCUT2D eigenvalue weighted by atomic mass is 15.1. The monoisotopic (exact) mass is 226 g/mol. The fourth-order valence-electron chi connectivity index (χ4n) is 3.01. The molecule has 1 aliphatic carbocycles. The first-order valence-electron chi connectivity index (χ1n) is 7.05. The van der Waals surface area contributed by atoms with E-state index in [4.69, 9.17) is 0 Å². The number of rotatable bonds is 7. The van der Waals surface area contributed by atoms with Crippen LogP contribution in [0.15, 0.2) is 0 Å². The van der Waals surface area contributed by atoms with Gasteiger partial charge in [-0.2, -0.15) is 0 Å². The van der Waals surface area contributed by atoms with Gasteiger partial charge in [0, 0.05) is 12.6 Å². The summed E-state index contributed by atoms with van der Waals surface area (Å²) in [6, 6.07) is 0.803. The molecule has 0 aromatic heterocycles. The Hall–Kier alpha value is -0.0800. The van der Waals surface area contributed by atoms with Crippen molar-refractivity contribution >= 4 is 0 Å². The number of hydrogen-bond donors (Lipinski definition) is 1. The van der Waals surface area contributed by atoms with E-state index in [0.717, 1.165) is 24.4 Å². The molecule has 1 saturated carbocycles. The Labute approximate surface area is 102 Å². The first-order chi connectivity index (χ1) is 7.63. The van der Waals surface area contributed by atoms with Crippen molar-refractivity contribution in [2.45, 2.75) is 52.5 Å². The molecule has 0 saturated heterocycles. The van der Waals surface area contributed by atoms with E-state index in [0.29, 0.717) is 0 Å². The predicted octanol–water partition coefficient (Wildman–Crippen LogP) is 2.74. The van der Waals surface area contributed by atoms with Crippen molar-refractivity contribution in [1.29, 1.82) is 0 Å². The van der Waals surface area contributed by atoms with E-state index < -0.39 is 0 Å². The number of nitrogens with one attached hydrogen (secondary N) is 1. The third-order valence-electron chi connectivity index (χ3n) is 3.68. The van der Waals surface area contributed by atoms with Crippen molar-refractivity contribution < 1.29 is 0 Å². The Balaban J connectivity index is 2.20. The van der Waals surface area contributed by atoms with Gasteiger partial charge >= 0.3 is 0 Å². The molecule has 0 radical (unpaired) electrons. The molecular weight excluding hydrogens is 196 g/mol. The predicted molar refractivity (Wildman–Crippen MR) is 71.8 cm³/mol. The summed E-state index contributed by atoms with van der Waals surface area (Å²) in [5.41, 5.74) is 0. The van der Waals surface area contributed by atoms with Crippen molar-refractivity contribution in [2.75, 3.05) is 26.7 Å². The molecule has 2 atom stereocenters. The van der Waals surface area contributed by atoms with E-state index in [1.165, 1.54) is 38.8 Å². The lowest BCUT2D eigenvalue weighted by Gasteiger charge is -2.24. The molecule has 0 amide bonds. The van der Waals surface area contributed by atoms with E-state index in [9.17, 15) is 0 Å². The SMILES string of the molecule is CCNC1CCCC1CCN(C)CC(C)C. The minimum atomic E-state index is 0.790. The highest BCUT2D eigenvalue weighted by Crippen LogP contribution is 2.28. The molecule has 96 valence electrons. The Bertz CT molecular complexity index is 180. The van der Waals surface area contributed by atoms with E-state index >= 15 is 0 Å². The molecule has 0 aromatic carbocycles. The van der Waals surface area contributed by atoms with E-state index in [1.54, 1.807) is 0 Å². The average molecular weight is 226 g/mol. The molecule has 0 aliphatic heterocycles. The maximum atomic E-state index is 3.64. The van der Waals surface area contributed by atoms with Gasteiger partial charge in [-0.1, -0.05) is 27.2 Å². The first-order valence-corrected chi connectivity index (χ1v) is 7.05. The van der Waals surface area contributed by atoms with Crippen molar-refractivity contribution in [2.24, 2.45) is 11.8 Å². The Morgan fingerprint density at radius 3 is 2.69 bits per heavy atom. The third kappa shape index (κ3) is 4.84. The van der Waals surface area contributed by atoms with Gasteiger partial charge in [-0.3, -0.25) is 0 Å². The normalized spacial score (nSPS) is 25.9. The minimum Gasteiger partial charge on any atom is -0.314 e. The molecule has 1 aliphatic rings. The first kappa shape index (κ1) is 14.0. The van der Waals surface area contributed by atoms with Crippen LogP contribution in [0.1, 0.15) is 46.5 Å². The van der Waals surface area contributed by atoms with Crippen molar-refractivity contribution in [1.82, 2.24) is 10.2 Å². The van der Waals surface area contributed by atoms with E-state index in [2.05, 4.69) is 38.0 Å². The lowest BCUT2D eigenvalue weighted by atomic mass is 9.99. The maximum absolute atomic E-state index is 3.64. The van der Waals surface area contributed by atoms with Crippen molar-refractivity contribution in [3.8, 4) is 0 Å². The van der Waals surface area contributed by atoms with Gasteiger partial charge in [-0.15, -0.1) is 0 Å². The molecule has 16 heavy (non-hydrogen) atoms. The van der Waals surface area contributed by atoms with Gasteiger partial charge in [0.25, 0.3) is 0 Å². The van der Waals surface area contributed by atoms with Gasteiger partial charge in [0.05, 0.1) is 0 Å². The van der Waals surface area contributed by atoms with Crippen molar-refractivity contribution in [3.63, 3.8) is 0 Å². The van der Waals surface area contributed by atoms with Gasteiger partial charge in [0.15, 0.2) is 0 Å². The lowest BCUT2D eigenvalue weighted by Crippen LogP contribution is -2.34. The summed E-state index contributed by atoms with van der Waals surface area (Å²) in [7, 11) is 2.26. The summed E-state index contributed by atoms with van der Waals surface area (Å²) < 4.78 is 0. The van der Waals surface area contributed by atoms with Crippen LogP contribution in [0.3, 0.4) is 0 Å². The summed E-state index contributed by atoms with van der Waals surface area (Å²) in [5.74, 6) is 1.72. The summed E-state index contributed by atoms with van der Waals surface area (Å²) in [6.45, 7) is 10.5. The highest BCUT2D eigenvalue weighted by molar-refractivity contribution is 4.83. The zero-order valence-electron chi connectivity index (χ0n) is 11.6.